The first-order valence-corrected chi connectivity index (χ1v) is 8.43. The summed E-state index contributed by atoms with van der Waals surface area (Å²) >= 11 is 0. The van der Waals surface area contributed by atoms with Crippen molar-refractivity contribution in [2.75, 3.05) is 18.4 Å². The van der Waals surface area contributed by atoms with Crippen LogP contribution in [0.2, 0.25) is 0 Å². The molecule has 2 amide bonds. The molecule has 1 saturated heterocycles. The van der Waals surface area contributed by atoms with E-state index < -0.39 is 0 Å². The number of fused-ring (bicyclic) bond motifs is 1. The Balaban J connectivity index is 1.44. The largest absolute Gasteiger partial charge is 0.372 e. The molecule has 6 nitrogen and oxygen atoms in total. The van der Waals surface area contributed by atoms with Crippen LogP contribution in [0.15, 0.2) is 36.9 Å². The number of carbonyl (C=O) groups is 1. The van der Waals surface area contributed by atoms with Crippen LogP contribution >= 0.6 is 0 Å². The molecule has 1 aromatic heterocycles. The van der Waals surface area contributed by atoms with Crippen molar-refractivity contribution in [3.63, 3.8) is 0 Å². The lowest BCUT2D eigenvalue weighted by atomic mass is 9.93. The molecule has 2 unspecified atom stereocenters. The van der Waals surface area contributed by atoms with Gasteiger partial charge < -0.3 is 19.5 Å². The summed E-state index contributed by atoms with van der Waals surface area (Å²) in [5, 5.41) is 3.03. The number of hydrogen-bond acceptors (Lipinski definition) is 3. The minimum atomic E-state index is -0.0362. The van der Waals surface area contributed by atoms with Crippen molar-refractivity contribution in [1.82, 2.24) is 14.5 Å². The fraction of sp³-hybridized carbons (Fsp3) is 0.444. The Morgan fingerprint density at radius 3 is 3.04 bits per heavy atom. The molecule has 1 N–H and O–H groups in total. The van der Waals surface area contributed by atoms with Gasteiger partial charge in [-0.2, -0.15) is 0 Å². The van der Waals surface area contributed by atoms with Gasteiger partial charge in [0.25, 0.3) is 0 Å². The number of ether oxygens (including phenoxy) is 1. The molecular weight excluding hydrogens is 304 g/mol. The molecular formula is C18H22N4O2. The molecule has 2 aliphatic rings. The van der Waals surface area contributed by atoms with Gasteiger partial charge in [0.05, 0.1) is 25.6 Å². The minimum Gasteiger partial charge on any atom is -0.372 e. The Morgan fingerprint density at radius 2 is 2.21 bits per heavy atom. The third-order valence-corrected chi connectivity index (χ3v) is 5.09. The Labute approximate surface area is 141 Å². The van der Waals surface area contributed by atoms with E-state index in [-0.39, 0.29) is 12.1 Å². The van der Waals surface area contributed by atoms with Crippen molar-refractivity contribution in [1.29, 1.82) is 0 Å². The highest BCUT2D eigenvalue weighted by Crippen LogP contribution is 2.28. The van der Waals surface area contributed by atoms with Gasteiger partial charge in [0.15, 0.2) is 0 Å². The molecule has 2 aromatic rings. The van der Waals surface area contributed by atoms with Crippen LogP contribution < -0.4 is 5.32 Å². The van der Waals surface area contributed by atoms with Crippen molar-refractivity contribution in [3.05, 3.63) is 48.0 Å². The topological polar surface area (TPSA) is 59.4 Å². The van der Waals surface area contributed by atoms with E-state index in [2.05, 4.69) is 21.8 Å². The van der Waals surface area contributed by atoms with Crippen molar-refractivity contribution < 1.29 is 9.53 Å². The van der Waals surface area contributed by atoms with Crippen molar-refractivity contribution in [3.8, 4) is 0 Å². The zero-order valence-corrected chi connectivity index (χ0v) is 13.8. The average molecular weight is 326 g/mol. The number of urea groups is 1. The van der Waals surface area contributed by atoms with E-state index in [1.165, 1.54) is 5.56 Å². The van der Waals surface area contributed by atoms with Crippen LogP contribution in [0.5, 0.6) is 0 Å². The van der Waals surface area contributed by atoms with Gasteiger partial charge in [0.2, 0.25) is 0 Å². The van der Waals surface area contributed by atoms with Gasteiger partial charge >= 0.3 is 6.03 Å². The van der Waals surface area contributed by atoms with Crippen LogP contribution in [-0.2, 0) is 18.0 Å². The highest BCUT2D eigenvalue weighted by atomic mass is 16.5. The normalized spacial score (nSPS) is 23.1. The predicted octanol–water partition coefficient (Wildman–Crippen LogP) is 3.03. The Hall–Kier alpha value is -2.34. The van der Waals surface area contributed by atoms with E-state index in [0.717, 1.165) is 24.2 Å². The van der Waals surface area contributed by atoms with E-state index in [9.17, 15) is 4.79 Å². The monoisotopic (exact) mass is 326 g/mol. The summed E-state index contributed by atoms with van der Waals surface area (Å²) in [6, 6.07) is 6.24. The van der Waals surface area contributed by atoms with Gasteiger partial charge in [-0.3, -0.25) is 0 Å². The molecule has 4 rings (SSSR count). The third-order valence-electron chi connectivity index (χ3n) is 5.09. The first-order chi connectivity index (χ1) is 11.7. The number of aromatic nitrogens is 2. The van der Waals surface area contributed by atoms with Gasteiger partial charge in [-0.25, -0.2) is 9.78 Å². The summed E-state index contributed by atoms with van der Waals surface area (Å²) in [5.41, 5.74) is 3.21. The molecule has 0 radical (unpaired) electrons. The smallest absolute Gasteiger partial charge is 0.321 e. The van der Waals surface area contributed by atoms with Crippen molar-refractivity contribution in [2.45, 2.75) is 32.6 Å². The Bertz CT molecular complexity index is 729. The molecule has 0 saturated carbocycles. The van der Waals surface area contributed by atoms with E-state index in [4.69, 9.17) is 4.74 Å². The lowest BCUT2D eigenvalue weighted by Crippen LogP contribution is -2.45. The second-order valence-electron chi connectivity index (χ2n) is 6.70. The standard InChI is InChI=1S/C18H22N4O2/c1-13-4-6-21(9-17(13)22-7-5-19-12-22)18(23)20-16-3-2-14-10-24-11-15(14)8-16/h2-3,5,7-8,12-13,17H,4,6,9-11H2,1H3,(H,20,23). The number of nitrogens with zero attached hydrogens (tertiary/aromatic N) is 3. The molecule has 0 bridgehead atoms. The zero-order chi connectivity index (χ0) is 16.5. The number of nitrogens with one attached hydrogen (secondary N) is 1. The SMILES string of the molecule is CC1CCN(C(=O)Nc2ccc3c(c2)COC3)CC1n1ccnc1. The Morgan fingerprint density at radius 1 is 1.33 bits per heavy atom. The minimum absolute atomic E-state index is 0.0362. The maximum Gasteiger partial charge on any atom is 0.321 e. The number of carbonyl (C=O) groups excluding carboxylic acids is 1. The maximum absolute atomic E-state index is 12.6. The van der Waals surface area contributed by atoms with Crippen LogP contribution in [0.4, 0.5) is 10.5 Å². The number of benzene rings is 1. The molecule has 0 spiro atoms. The van der Waals surface area contributed by atoms with E-state index >= 15 is 0 Å². The second kappa shape index (κ2) is 6.28. The van der Waals surface area contributed by atoms with Crippen LogP contribution in [0.3, 0.4) is 0 Å². The number of rotatable bonds is 2. The van der Waals surface area contributed by atoms with Gasteiger partial charge in [-0.15, -0.1) is 0 Å². The van der Waals surface area contributed by atoms with Crippen LogP contribution in [0.25, 0.3) is 0 Å². The van der Waals surface area contributed by atoms with Crippen LogP contribution in [0, 0.1) is 5.92 Å². The number of hydrogen-bond donors (Lipinski definition) is 1. The predicted molar refractivity (Wildman–Crippen MR) is 90.6 cm³/mol. The summed E-state index contributed by atoms with van der Waals surface area (Å²) in [6.07, 6.45) is 6.60. The lowest BCUT2D eigenvalue weighted by molar-refractivity contribution is 0.134. The molecule has 0 aliphatic carbocycles. The fourth-order valence-corrected chi connectivity index (χ4v) is 3.54. The van der Waals surface area contributed by atoms with Crippen molar-refractivity contribution >= 4 is 11.7 Å². The summed E-state index contributed by atoms with van der Waals surface area (Å²) in [5.74, 6) is 0.528. The number of anilines is 1. The summed E-state index contributed by atoms with van der Waals surface area (Å²) in [6.45, 7) is 5.02. The molecule has 2 aliphatic heterocycles. The number of imidazole rings is 1. The highest BCUT2D eigenvalue weighted by molar-refractivity contribution is 5.89. The molecule has 126 valence electrons. The fourth-order valence-electron chi connectivity index (χ4n) is 3.54. The van der Waals surface area contributed by atoms with E-state index in [1.807, 2.05) is 35.6 Å². The van der Waals surface area contributed by atoms with Crippen molar-refractivity contribution in [2.24, 2.45) is 5.92 Å². The first-order valence-electron chi connectivity index (χ1n) is 8.43. The molecule has 1 aromatic carbocycles. The van der Waals surface area contributed by atoms with Gasteiger partial charge in [0, 0.05) is 31.2 Å². The highest BCUT2D eigenvalue weighted by Gasteiger charge is 2.30. The number of amides is 2. The van der Waals surface area contributed by atoms with E-state index in [0.29, 0.717) is 25.7 Å². The first kappa shape index (κ1) is 15.2. The average Bonchev–Trinajstić information content (AvgIpc) is 3.26. The number of likely N-dealkylation sites (tertiary alicyclic amines) is 1. The molecule has 2 atom stereocenters. The molecule has 3 heterocycles. The zero-order valence-electron chi connectivity index (χ0n) is 13.8. The summed E-state index contributed by atoms with van der Waals surface area (Å²) in [7, 11) is 0. The van der Waals surface area contributed by atoms with Gasteiger partial charge in [-0.1, -0.05) is 13.0 Å². The van der Waals surface area contributed by atoms with Crippen LogP contribution in [0.1, 0.15) is 30.5 Å². The molecule has 1 fully saturated rings. The number of piperidine rings is 1. The summed E-state index contributed by atoms with van der Waals surface area (Å²) < 4.78 is 7.53. The Kier molecular flexibility index (Phi) is 3.98. The lowest BCUT2D eigenvalue weighted by Gasteiger charge is -2.37. The molecule has 6 heteroatoms. The van der Waals surface area contributed by atoms with E-state index in [1.54, 1.807) is 6.20 Å². The van der Waals surface area contributed by atoms with Crippen LogP contribution in [-0.4, -0.2) is 33.6 Å². The quantitative estimate of drug-likeness (QED) is 0.923. The third kappa shape index (κ3) is 2.89. The molecule has 24 heavy (non-hydrogen) atoms. The second-order valence-corrected chi connectivity index (χ2v) is 6.70. The summed E-state index contributed by atoms with van der Waals surface area (Å²) in [4.78, 5) is 18.7. The maximum atomic E-state index is 12.6. The van der Waals surface area contributed by atoms with Gasteiger partial charge in [0.1, 0.15) is 0 Å². The van der Waals surface area contributed by atoms with Gasteiger partial charge in [-0.05, 0) is 35.6 Å².